The largest absolute Gasteiger partial charge is 0.328 e. The number of hydrogen-bond donors (Lipinski definition) is 1. The molecule has 1 fully saturated rings. The minimum Gasteiger partial charge on any atom is -0.328 e. The Morgan fingerprint density at radius 1 is 1.38 bits per heavy atom. The van der Waals surface area contributed by atoms with Gasteiger partial charge in [-0.15, -0.1) is 36.2 Å². The second kappa shape index (κ2) is 8.76. The molecule has 1 N–H and O–H groups in total. The van der Waals surface area contributed by atoms with Gasteiger partial charge in [0.15, 0.2) is 0 Å². The van der Waals surface area contributed by atoms with Gasteiger partial charge >= 0.3 is 0 Å². The summed E-state index contributed by atoms with van der Waals surface area (Å²) in [5, 5.41) is 4.17. The molecule has 4 nitrogen and oxygen atoms in total. The van der Waals surface area contributed by atoms with Crippen LogP contribution in [0, 0.1) is 19.7 Å². The quantitative estimate of drug-likeness (QED) is 0.851. The fourth-order valence-corrected chi connectivity index (χ4v) is 3.70. The molecule has 1 atom stereocenters. The maximum atomic E-state index is 13.5. The van der Waals surface area contributed by atoms with E-state index >= 15 is 0 Å². The van der Waals surface area contributed by atoms with Crippen molar-refractivity contribution in [1.29, 1.82) is 0 Å². The zero-order chi connectivity index (χ0) is 15.7. The van der Waals surface area contributed by atoms with Crippen LogP contribution in [0.15, 0.2) is 24.3 Å². The summed E-state index contributed by atoms with van der Waals surface area (Å²) in [5.74, 6) is -0.292. The zero-order valence-corrected chi connectivity index (χ0v) is 15.9. The van der Waals surface area contributed by atoms with Crippen LogP contribution < -0.4 is 5.32 Å². The predicted molar refractivity (Wildman–Crippen MR) is 99.1 cm³/mol. The van der Waals surface area contributed by atoms with Crippen LogP contribution in [-0.4, -0.2) is 35.4 Å². The van der Waals surface area contributed by atoms with Crippen molar-refractivity contribution in [2.45, 2.75) is 19.9 Å². The van der Waals surface area contributed by atoms with Crippen molar-refractivity contribution in [2.24, 2.45) is 0 Å². The van der Waals surface area contributed by atoms with Crippen molar-refractivity contribution >= 4 is 42.1 Å². The standard InChI is InChI=1S/C16H18FN3OS.2ClH/c1-10-15(22-11(2)19-10)16(21)20-7-6-18-9-14(20)12-4-3-5-13(17)8-12;;/h3-5,8,14,18H,6-7,9H2,1-2H3;2*1H. The normalized spacial score (nSPS) is 17.0. The van der Waals surface area contributed by atoms with E-state index in [1.807, 2.05) is 24.8 Å². The first-order valence-corrected chi connectivity index (χ1v) is 8.09. The van der Waals surface area contributed by atoms with Gasteiger partial charge in [0.05, 0.1) is 16.7 Å². The van der Waals surface area contributed by atoms with E-state index in [0.29, 0.717) is 18.0 Å². The molecule has 1 unspecified atom stereocenters. The van der Waals surface area contributed by atoms with Crippen LogP contribution in [0.5, 0.6) is 0 Å². The number of piperazine rings is 1. The topological polar surface area (TPSA) is 45.2 Å². The van der Waals surface area contributed by atoms with E-state index in [4.69, 9.17) is 0 Å². The van der Waals surface area contributed by atoms with Gasteiger partial charge in [0.1, 0.15) is 10.7 Å². The summed E-state index contributed by atoms with van der Waals surface area (Å²) in [5.41, 5.74) is 1.59. The molecule has 0 bridgehead atoms. The number of carbonyl (C=O) groups is 1. The van der Waals surface area contributed by atoms with Gasteiger partial charge in [-0.2, -0.15) is 0 Å². The van der Waals surface area contributed by atoms with Crippen molar-refractivity contribution < 1.29 is 9.18 Å². The number of hydrogen-bond acceptors (Lipinski definition) is 4. The van der Waals surface area contributed by atoms with Crippen LogP contribution in [-0.2, 0) is 0 Å². The number of thiazole rings is 1. The molecule has 8 heteroatoms. The number of nitrogens with zero attached hydrogens (tertiary/aromatic N) is 2. The highest BCUT2D eigenvalue weighted by Gasteiger charge is 2.30. The molecule has 2 heterocycles. The third-order valence-electron chi connectivity index (χ3n) is 3.84. The Morgan fingerprint density at radius 3 is 2.75 bits per heavy atom. The number of halogens is 3. The van der Waals surface area contributed by atoms with Crippen LogP contribution in [0.1, 0.15) is 32.0 Å². The highest BCUT2D eigenvalue weighted by atomic mass is 35.5. The van der Waals surface area contributed by atoms with E-state index in [0.717, 1.165) is 22.8 Å². The SMILES string of the molecule is Cc1nc(C)c(C(=O)N2CCNCC2c2cccc(F)c2)s1.Cl.Cl. The number of amides is 1. The number of nitrogens with one attached hydrogen (secondary N) is 1. The van der Waals surface area contributed by atoms with E-state index < -0.39 is 0 Å². The average Bonchev–Trinajstić information content (AvgIpc) is 2.85. The van der Waals surface area contributed by atoms with Crippen molar-refractivity contribution in [3.8, 4) is 0 Å². The van der Waals surface area contributed by atoms with Crippen LogP contribution in [0.4, 0.5) is 4.39 Å². The van der Waals surface area contributed by atoms with Crippen LogP contribution >= 0.6 is 36.2 Å². The summed E-state index contributed by atoms with van der Waals surface area (Å²) in [6.45, 7) is 5.74. The lowest BCUT2D eigenvalue weighted by molar-refractivity contribution is 0.0638. The number of benzene rings is 1. The predicted octanol–water partition coefficient (Wildman–Crippen LogP) is 3.53. The lowest BCUT2D eigenvalue weighted by Crippen LogP contribution is -2.48. The van der Waals surface area contributed by atoms with E-state index in [-0.39, 0.29) is 42.6 Å². The van der Waals surface area contributed by atoms with Gasteiger partial charge in [-0.1, -0.05) is 12.1 Å². The Labute approximate surface area is 157 Å². The summed E-state index contributed by atoms with van der Waals surface area (Å²) in [4.78, 5) is 19.7. The average molecular weight is 392 g/mol. The molecule has 1 amide bonds. The number of carbonyl (C=O) groups excluding carboxylic acids is 1. The molecule has 3 rings (SSSR count). The van der Waals surface area contributed by atoms with Crippen LogP contribution in [0.3, 0.4) is 0 Å². The number of aryl methyl sites for hydroxylation is 2. The molecule has 0 radical (unpaired) electrons. The minimum atomic E-state index is -0.278. The monoisotopic (exact) mass is 391 g/mol. The lowest BCUT2D eigenvalue weighted by atomic mass is 10.0. The molecule has 2 aromatic rings. The second-order valence-electron chi connectivity index (χ2n) is 5.42. The van der Waals surface area contributed by atoms with Crippen LogP contribution in [0.2, 0.25) is 0 Å². The van der Waals surface area contributed by atoms with E-state index in [2.05, 4.69) is 10.3 Å². The van der Waals surface area contributed by atoms with Gasteiger partial charge in [0.2, 0.25) is 0 Å². The first-order chi connectivity index (χ1) is 10.6. The molecule has 1 aliphatic heterocycles. The molecule has 0 spiro atoms. The number of aromatic nitrogens is 1. The highest BCUT2D eigenvalue weighted by molar-refractivity contribution is 7.13. The van der Waals surface area contributed by atoms with Crippen molar-refractivity contribution in [3.05, 3.63) is 51.2 Å². The maximum Gasteiger partial charge on any atom is 0.266 e. The van der Waals surface area contributed by atoms with Gasteiger partial charge in [-0.3, -0.25) is 4.79 Å². The molecule has 132 valence electrons. The molecule has 1 aliphatic rings. The molecule has 24 heavy (non-hydrogen) atoms. The smallest absolute Gasteiger partial charge is 0.266 e. The Bertz CT molecular complexity index is 710. The fraction of sp³-hybridized carbons (Fsp3) is 0.375. The molecule has 1 aromatic heterocycles. The summed E-state index contributed by atoms with van der Waals surface area (Å²) < 4.78 is 13.5. The highest BCUT2D eigenvalue weighted by Crippen LogP contribution is 2.27. The Morgan fingerprint density at radius 2 is 2.12 bits per heavy atom. The van der Waals surface area contributed by atoms with Gasteiger partial charge in [0.25, 0.3) is 5.91 Å². The summed E-state index contributed by atoms with van der Waals surface area (Å²) in [6.07, 6.45) is 0. The molecule has 1 saturated heterocycles. The molecule has 0 saturated carbocycles. The van der Waals surface area contributed by atoms with Crippen molar-refractivity contribution in [1.82, 2.24) is 15.2 Å². The summed E-state index contributed by atoms with van der Waals surface area (Å²) in [6, 6.07) is 6.32. The number of rotatable bonds is 2. The Kier molecular flexibility index (Phi) is 7.60. The maximum absolute atomic E-state index is 13.5. The van der Waals surface area contributed by atoms with Gasteiger partial charge < -0.3 is 10.2 Å². The summed E-state index contributed by atoms with van der Waals surface area (Å²) >= 11 is 1.42. The lowest BCUT2D eigenvalue weighted by Gasteiger charge is -2.36. The first kappa shape index (κ1) is 20.8. The van der Waals surface area contributed by atoms with Gasteiger partial charge in [-0.25, -0.2) is 9.37 Å². The van der Waals surface area contributed by atoms with Gasteiger partial charge in [-0.05, 0) is 31.5 Å². The Hall–Kier alpha value is -1.21. The Balaban J connectivity index is 0.00000144. The third-order valence-corrected chi connectivity index (χ3v) is 4.90. The van der Waals surface area contributed by atoms with E-state index in [1.54, 1.807) is 6.07 Å². The van der Waals surface area contributed by atoms with E-state index in [9.17, 15) is 9.18 Å². The van der Waals surface area contributed by atoms with Crippen molar-refractivity contribution in [3.63, 3.8) is 0 Å². The molecular formula is C16H20Cl2FN3OS. The minimum absolute atomic E-state index is 0. The molecule has 1 aromatic carbocycles. The van der Waals surface area contributed by atoms with Crippen molar-refractivity contribution in [2.75, 3.05) is 19.6 Å². The zero-order valence-electron chi connectivity index (χ0n) is 13.4. The fourth-order valence-electron chi connectivity index (χ4n) is 2.82. The molecular weight excluding hydrogens is 372 g/mol. The summed E-state index contributed by atoms with van der Waals surface area (Å²) in [7, 11) is 0. The second-order valence-corrected chi connectivity index (χ2v) is 6.62. The van der Waals surface area contributed by atoms with Crippen LogP contribution in [0.25, 0.3) is 0 Å². The first-order valence-electron chi connectivity index (χ1n) is 7.27. The molecule has 0 aliphatic carbocycles. The van der Waals surface area contributed by atoms with Gasteiger partial charge in [0, 0.05) is 19.6 Å². The third kappa shape index (κ3) is 4.25. The van der Waals surface area contributed by atoms with E-state index in [1.165, 1.54) is 23.5 Å².